The Kier molecular flexibility index (Phi) is 5.10. The largest absolute Gasteiger partial charge is 0.497 e. The molecule has 0 bridgehead atoms. The minimum atomic E-state index is -1.04. The van der Waals surface area contributed by atoms with E-state index in [1.807, 2.05) is 31.3 Å². The topological polar surface area (TPSA) is 54.6 Å². The third-order valence-electron chi connectivity index (χ3n) is 5.74. The Hall–Kier alpha value is -2.77. The number of H-pyrrole nitrogens is 1. The summed E-state index contributed by atoms with van der Waals surface area (Å²) in [5.41, 5.74) is 1.99. The van der Waals surface area contributed by atoms with Crippen LogP contribution in [-0.2, 0) is 11.3 Å². The number of pyridine rings is 1. The van der Waals surface area contributed by atoms with Gasteiger partial charge in [-0.2, -0.15) is 0 Å². The molecule has 0 saturated heterocycles. The molecular weight excluding hydrogens is 378 g/mol. The van der Waals surface area contributed by atoms with E-state index in [1.165, 1.54) is 0 Å². The van der Waals surface area contributed by atoms with Crippen molar-refractivity contribution in [1.29, 1.82) is 0 Å². The first-order valence-electron chi connectivity index (χ1n) is 9.38. The number of nitrogens with zero attached hydrogens (tertiary/aromatic N) is 1. The molecule has 152 valence electrons. The minimum absolute atomic E-state index is 0.00716. The molecule has 1 N–H and O–H groups in total. The van der Waals surface area contributed by atoms with Gasteiger partial charge in [-0.15, -0.1) is 0 Å². The molecule has 1 aromatic heterocycles. The predicted octanol–water partition coefficient (Wildman–Crippen LogP) is 4.08. The molecule has 2 aromatic carbocycles. The fourth-order valence-electron chi connectivity index (χ4n) is 3.95. The van der Waals surface area contributed by atoms with Crippen LogP contribution in [0.15, 0.2) is 41.2 Å². The predicted molar refractivity (Wildman–Crippen MR) is 106 cm³/mol. The fraction of sp³-hybridized carbons (Fsp3) is 0.318. The zero-order valence-corrected chi connectivity index (χ0v) is 16.5. The molecule has 3 aromatic rings. The molecular formula is C22H22F2N2O3. The van der Waals surface area contributed by atoms with Crippen LogP contribution < -0.4 is 10.3 Å². The summed E-state index contributed by atoms with van der Waals surface area (Å²) < 4.78 is 38.7. The second kappa shape index (κ2) is 7.57. The van der Waals surface area contributed by atoms with Crippen molar-refractivity contribution >= 4 is 10.8 Å². The van der Waals surface area contributed by atoms with Crippen LogP contribution >= 0.6 is 0 Å². The second-order valence-corrected chi connectivity index (χ2v) is 7.30. The average Bonchev–Trinajstić information content (AvgIpc) is 2.73. The number of hydrogen-bond donors (Lipinski definition) is 1. The van der Waals surface area contributed by atoms with Crippen molar-refractivity contribution in [2.45, 2.75) is 25.6 Å². The third-order valence-corrected chi connectivity index (χ3v) is 5.74. The van der Waals surface area contributed by atoms with E-state index in [9.17, 15) is 13.6 Å². The van der Waals surface area contributed by atoms with Gasteiger partial charge in [0.05, 0.1) is 31.8 Å². The number of aromatic nitrogens is 1. The Balaban J connectivity index is 1.80. The number of likely N-dealkylation sites (N-methyl/N-ethyl adjacent to an activating group) is 1. The molecule has 2 unspecified atom stereocenters. The zero-order valence-electron chi connectivity index (χ0n) is 16.5. The highest BCUT2D eigenvalue weighted by Crippen LogP contribution is 2.37. The molecule has 0 spiro atoms. The van der Waals surface area contributed by atoms with Crippen molar-refractivity contribution in [3.05, 3.63) is 75.2 Å². The first-order valence-corrected chi connectivity index (χ1v) is 9.38. The highest BCUT2D eigenvalue weighted by Gasteiger charge is 2.31. The lowest BCUT2D eigenvalue weighted by Crippen LogP contribution is -2.35. The van der Waals surface area contributed by atoms with E-state index in [1.54, 1.807) is 7.11 Å². The number of methoxy groups -OCH3 is 1. The minimum Gasteiger partial charge on any atom is -0.497 e. The number of benzene rings is 2. The number of aromatic amines is 1. The van der Waals surface area contributed by atoms with Gasteiger partial charge in [0.25, 0.3) is 5.56 Å². The maximum atomic E-state index is 14.0. The molecule has 0 saturated carbocycles. The monoisotopic (exact) mass is 400 g/mol. The van der Waals surface area contributed by atoms with Gasteiger partial charge in [-0.3, -0.25) is 9.69 Å². The molecule has 1 aliphatic heterocycles. The fourth-order valence-corrected chi connectivity index (χ4v) is 3.95. The lowest BCUT2D eigenvalue weighted by atomic mass is 9.94. The summed E-state index contributed by atoms with van der Waals surface area (Å²) in [7, 11) is 3.57. The van der Waals surface area contributed by atoms with E-state index in [0.29, 0.717) is 17.7 Å². The molecule has 2 atom stereocenters. The van der Waals surface area contributed by atoms with Crippen LogP contribution in [0, 0.1) is 11.6 Å². The van der Waals surface area contributed by atoms with Gasteiger partial charge in [-0.25, -0.2) is 8.78 Å². The van der Waals surface area contributed by atoms with E-state index in [-0.39, 0.29) is 24.1 Å². The van der Waals surface area contributed by atoms with E-state index in [2.05, 4.69) is 16.8 Å². The first-order chi connectivity index (χ1) is 13.9. The van der Waals surface area contributed by atoms with Gasteiger partial charge in [0.1, 0.15) is 5.75 Å². The molecule has 0 radical (unpaired) electrons. The number of fused-ring (bicyclic) bond motifs is 3. The van der Waals surface area contributed by atoms with Crippen molar-refractivity contribution in [3.63, 3.8) is 0 Å². The van der Waals surface area contributed by atoms with E-state index >= 15 is 0 Å². The summed E-state index contributed by atoms with van der Waals surface area (Å²) >= 11 is 0. The van der Waals surface area contributed by atoms with Gasteiger partial charge in [0, 0.05) is 17.3 Å². The average molecular weight is 400 g/mol. The molecule has 0 aliphatic carbocycles. The standard InChI is InChI=1S/C22H22F2N2O3/c1-12(13-4-6-14(28-3)7-5-13)26(2)20-11-29-10-19-21(20)15-8-17(23)18(24)9-16(15)22(27)25-19/h4-9,12,20H,10-11H2,1-3H3,(H,25,27). The Morgan fingerprint density at radius 1 is 1.17 bits per heavy atom. The van der Waals surface area contributed by atoms with Crippen LogP contribution in [0.25, 0.3) is 10.8 Å². The van der Waals surface area contributed by atoms with Crippen LogP contribution in [0.2, 0.25) is 0 Å². The van der Waals surface area contributed by atoms with Crippen molar-refractivity contribution in [2.75, 3.05) is 20.8 Å². The maximum absolute atomic E-state index is 14.0. The van der Waals surface area contributed by atoms with Gasteiger partial charge < -0.3 is 14.5 Å². The lowest BCUT2D eigenvalue weighted by molar-refractivity contribution is 0.0271. The molecule has 29 heavy (non-hydrogen) atoms. The van der Waals surface area contributed by atoms with E-state index in [4.69, 9.17) is 9.47 Å². The molecule has 5 nitrogen and oxygen atoms in total. The third kappa shape index (κ3) is 3.41. The smallest absolute Gasteiger partial charge is 0.256 e. The van der Waals surface area contributed by atoms with E-state index < -0.39 is 17.2 Å². The molecule has 0 fully saturated rings. The van der Waals surface area contributed by atoms with Gasteiger partial charge in [0.15, 0.2) is 11.6 Å². The molecule has 0 amide bonds. The maximum Gasteiger partial charge on any atom is 0.256 e. The van der Waals surface area contributed by atoms with Crippen molar-refractivity contribution < 1.29 is 18.3 Å². The van der Waals surface area contributed by atoms with Crippen LogP contribution in [0.1, 0.15) is 35.8 Å². The van der Waals surface area contributed by atoms with Gasteiger partial charge in [0.2, 0.25) is 0 Å². The number of hydrogen-bond acceptors (Lipinski definition) is 4. The number of halogens is 2. The molecule has 4 rings (SSSR count). The normalized spacial score (nSPS) is 17.4. The SMILES string of the molecule is COc1ccc(C(C)N(C)C2COCc3[nH]c(=O)c4cc(F)c(F)cc4c32)cc1. The Labute approximate surface area is 166 Å². The zero-order chi connectivity index (χ0) is 20.7. The summed E-state index contributed by atoms with van der Waals surface area (Å²) in [6.07, 6.45) is 0. The van der Waals surface area contributed by atoms with Gasteiger partial charge >= 0.3 is 0 Å². The van der Waals surface area contributed by atoms with Gasteiger partial charge in [-0.05, 0) is 49.2 Å². The summed E-state index contributed by atoms with van der Waals surface area (Å²) in [4.78, 5) is 17.3. The van der Waals surface area contributed by atoms with Gasteiger partial charge in [-0.1, -0.05) is 12.1 Å². The highest BCUT2D eigenvalue weighted by molar-refractivity contribution is 5.86. The summed E-state index contributed by atoms with van der Waals surface area (Å²) in [6.45, 7) is 2.66. The first kappa shape index (κ1) is 19.5. The second-order valence-electron chi connectivity index (χ2n) is 7.30. The number of rotatable bonds is 4. The van der Waals surface area contributed by atoms with Crippen molar-refractivity contribution in [1.82, 2.24) is 9.88 Å². The Bertz CT molecular complexity index is 1110. The highest BCUT2D eigenvalue weighted by atomic mass is 19.2. The van der Waals surface area contributed by atoms with Crippen LogP contribution in [0.5, 0.6) is 5.75 Å². The molecule has 7 heteroatoms. The molecule has 1 aliphatic rings. The van der Waals surface area contributed by atoms with Crippen LogP contribution in [0.4, 0.5) is 8.78 Å². The van der Waals surface area contributed by atoms with E-state index in [0.717, 1.165) is 29.0 Å². The Morgan fingerprint density at radius 3 is 2.48 bits per heavy atom. The van der Waals surface area contributed by atoms with Crippen molar-refractivity contribution in [2.24, 2.45) is 0 Å². The summed E-state index contributed by atoms with van der Waals surface area (Å²) in [5.74, 6) is -1.23. The number of nitrogens with one attached hydrogen (secondary N) is 1. The molecule has 2 heterocycles. The summed E-state index contributed by atoms with van der Waals surface area (Å²) in [6, 6.07) is 9.63. The van der Waals surface area contributed by atoms with Crippen LogP contribution in [0.3, 0.4) is 0 Å². The van der Waals surface area contributed by atoms with Crippen LogP contribution in [-0.4, -0.2) is 30.6 Å². The lowest BCUT2D eigenvalue weighted by Gasteiger charge is -2.37. The quantitative estimate of drug-likeness (QED) is 0.717. The Morgan fingerprint density at radius 2 is 1.83 bits per heavy atom. The number of ether oxygens (including phenoxy) is 2. The summed E-state index contributed by atoms with van der Waals surface area (Å²) in [5, 5.41) is 0.560. The van der Waals surface area contributed by atoms with Crippen molar-refractivity contribution in [3.8, 4) is 5.75 Å².